The smallest absolute Gasteiger partial charge is 0.236 e. The maximum Gasteiger partial charge on any atom is 0.236 e. The first-order valence-corrected chi connectivity index (χ1v) is 8.44. The average Bonchev–Trinajstić information content (AvgIpc) is 3.25. The highest BCUT2D eigenvalue weighted by Gasteiger charge is 2.12. The molecule has 0 aliphatic heterocycles. The molecule has 0 fully saturated rings. The zero-order valence-corrected chi connectivity index (χ0v) is 13.6. The lowest BCUT2D eigenvalue weighted by atomic mass is 10.4. The summed E-state index contributed by atoms with van der Waals surface area (Å²) in [5, 5.41) is 10.8. The first kappa shape index (κ1) is 15.1. The molecule has 22 heavy (non-hydrogen) atoms. The summed E-state index contributed by atoms with van der Waals surface area (Å²) in [6, 6.07) is 3.95. The van der Waals surface area contributed by atoms with Gasteiger partial charge in [0, 0.05) is 19.3 Å². The molecule has 0 saturated carbocycles. The molecular formula is C13H15N5O2S2. The molecule has 0 aliphatic carbocycles. The standard InChI is InChI=1S/C13H15N5O2S2/c1-19-5-4-11-16-17-13(18(11)14)22-8-9-7-20-12(15-9)10-3-2-6-21-10/h2-3,6-7H,4-5,8,14H2,1H3. The Morgan fingerprint density at radius 1 is 1.45 bits per heavy atom. The number of thiophene rings is 1. The fraction of sp³-hybridized carbons (Fsp3) is 0.308. The van der Waals surface area contributed by atoms with E-state index in [0.717, 1.165) is 10.6 Å². The van der Waals surface area contributed by atoms with E-state index in [1.54, 1.807) is 24.7 Å². The Kier molecular flexibility index (Phi) is 4.76. The third kappa shape index (κ3) is 3.32. The Labute approximate surface area is 135 Å². The SMILES string of the molecule is COCCc1nnc(SCc2coc(-c3cccs3)n2)n1N. The van der Waals surface area contributed by atoms with Crippen molar-refractivity contribution in [1.82, 2.24) is 19.9 Å². The first-order chi connectivity index (χ1) is 10.8. The number of ether oxygens (including phenoxy) is 1. The van der Waals surface area contributed by atoms with E-state index in [0.29, 0.717) is 35.7 Å². The van der Waals surface area contributed by atoms with Crippen LogP contribution in [0.25, 0.3) is 10.8 Å². The van der Waals surface area contributed by atoms with Crippen LogP contribution < -0.4 is 5.84 Å². The largest absolute Gasteiger partial charge is 0.444 e. The van der Waals surface area contributed by atoms with Gasteiger partial charge in [-0.25, -0.2) is 9.66 Å². The number of oxazole rings is 1. The fourth-order valence-corrected chi connectivity index (χ4v) is 3.20. The van der Waals surface area contributed by atoms with Gasteiger partial charge in [-0.3, -0.25) is 0 Å². The molecule has 2 N–H and O–H groups in total. The number of hydrogen-bond acceptors (Lipinski definition) is 8. The van der Waals surface area contributed by atoms with Crippen LogP contribution in [0.4, 0.5) is 0 Å². The van der Waals surface area contributed by atoms with E-state index in [-0.39, 0.29) is 0 Å². The van der Waals surface area contributed by atoms with Gasteiger partial charge in [-0.05, 0) is 11.4 Å². The highest BCUT2D eigenvalue weighted by molar-refractivity contribution is 7.98. The van der Waals surface area contributed by atoms with Crippen LogP contribution in [0.2, 0.25) is 0 Å². The monoisotopic (exact) mass is 337 g/mol. The highest BCUT2D eigenvalue weighted by Crippen LogP contribution is 2.26. The van der Waals surface area contributed by atoms with Crippen LogP contribution >= 0.6 is 23.1 Å². The van der Waals surface area contributed by atoms with Crippen molar-refractivity contribution in [3.05, 3.63) is 35.3 Å². The second-order valence-corrected chi connectivity index (χ2v) is 6.31. The van der Waals surface area contributed by atoms with Gasteiger partial charge < -0.3 is 15.0 Å². The number of aromatic nitrogens is 4. The molecule has 0 saturated heterocycles. The van der Waals surface area contributed by atoms with Gasteiger partial charge in [0.25, 0.3) is 0 Å². The number of thioether (sulfide) groups is 1. The Hall–Kier alpha value is -1.84. The second kappa shape index (κ2) is 6.95. The summed E-state index contributed by atoms with van der Waals surface area (Å²) in [4.78, 5) is 5.47. The molecule has 0 bridgehead atoms. The topological polar surface area (TPSA) is 92.0 Å². The van der Waals surface area contributed by atoms with E-state index >= 15 is 0 Å². The van der Waals surface area contributed by atoms with Crippen molar-refractivity contribution in [3.8, 4) is 10.8 Å². The molecule has 3 aromatic rings. The van der Waals surface area contributed by atoms with Gasteiger partial charge in [-0.2, -0.15) is 0 Å². The van der Waals surface area contributed by atoms with Crippen LogP contribution in [-0.4, -0.2) is 33.6 Å². The molecule has 9 heteroatoms. The van der Waals surface area contributed by atoms with Crippen molar-refractivity contribution in [2.75, 3.05) is 19.6 Å². The normalized spacial score (nSPS) is 11.1. The number of nitrogens with zero attached hydrogens (tertiary/aromatic N) is 4. The minimum Gasteiger partial charge on any atom is -0.444 e. The van der Waals surface area contributed by atoms with Crippen LogP contribution in [0.15, 0.2) is 33.3 Å². The Bertz CT molecular complexity index is 723. The molecule has 3 heterocycles. The fourth-order valence-electron chi connectivity index (χ4n) is 1.79. The van der Waals surface area contributed by atoms with Crippen molar-refractivity contribution >= 4 is 23.1 Å². The molecule has 0 aromatic carbocycles. The predicted molar refractivity (Wildman–Crippen MR) is 85.1 cm³/mol. The number of nitrogen functional groups attached to an aromatic ring is 1. The number of nitrogens with two attached hydrogens (primary N) is 1. The van der Waals surface area contributed by atoms with Gasteiger partial charge in [0.2, 0.25) is 11.0 Å². The minimum absolute atomic E-state index is 0.563. The van der Waals surface area contributed by atoms with Crippen molar-refractivity contribution in [2.45, 2.75) is 17.3 Å². The van der Waals surface area contributed by atoms with Gasteiger partial charge in [0.15, 0.2) is 5.82 Å². The molecule has 0 aliphatic rings. The van der Waals surface area contributed by atoms with Crippen molar-refractivity contribution in [3.63, 3.8) is 0 Å². The molecule has 3 rings (SSSR count). The average molecular weight is 337 g/mol. The number of rotatable bonds is 7. The Balaban J connectivity index is 1.62. The Morgan fingerprint density at radius 3 is 3.14 bits per heavy atom. The summed E-state index contributed by atoms with van der Waals surface area (Å²) in [6.07, 6.45) is 2.29. The van der Waals surface area contributed by atoms with E-state index in [2.05, 4.69) is 15.2 Å². The van der Waals surface area contributed by atoms with Crippen LogP contribution in [0.5, 0.6) is 0 Å². The van der Waals surface area contributed by atoms with Crippen molar-refractivity contribution in [2.24, 2.45) is 0 Å². The summed E-state index contributed by atoms with van der Waals surface area (Å²) < 4.78 is 12.0. The quantitative estimate of drug-likeness (QED) is 0.522. The van der Waals surface area contributed by atoms with E-state index in [4.69, 9.17) is 15.0 Å². The molecule has 116 valence electrons. The maximum atomic E-state index is 5.96. The summed E-state index contributed by atoms with van der Waals surface area (Å²) in [6.45, 7) is 0.563. The molecule has 0 radical (unpaired) electrons. The first-order valence-electron chi connectivity index (χ1n) is 6.57. The maximum absolute atomic E-state index is 5.96. The summed E-state index contributed by atoms with van der Waals surface area (Å²) in [5.41, 5.74) is 0.842. The predicted octanol–water partition coefficient (Wildman–Crippen LogP) is 2.19. The molecule has 0 atom stereocenters. The molecular weight excluding hydrogens is 322 g/mol. The number of methoxy groups -OCH3 is 1. The molecule has 0 amide bonds. The van der Waals surface area contributed by atoms with Gasteiger partial charge >= 0.3 is 0 Å². The molecule has 0 unspecified atom stereocenters. The van der Waals surface area contributed by atoms with Crippen LogP contribution in [0.3, 0.4) is 0 Å². The summed E-state index contributed by atoms with van der Waals surface area (Å²) >= 11 is 3.07. The van der Waals surface area contributed by atoms with E-state index in [9.17, 15) is 0 Å². The minimum atomic E-state index is 0.563. The lowest BCUT2D eigenvalue weighted by Crippen LogP contribution is -2.15. The highest BCUT2D eigenvalue weighted by atomic mass is 32.2. The molecule has 3 aromatic heterocycles. The van der Waals surface area contributed by atoms with Gasteiger partial charge in [0.1, 0.15) is 6.26 Å². The van der Waals surface area contributed by atoms with Gasteiger partial charge in [0.05, 0.1) is 17.2 Å². The lowest BCUT2D eigenvalue weighted by molar-refractivity contribution is 0.200. The van der Waals surface area contributed by atoms with E-state index < -0.39 is 0 Å². The number of hydrogen-bond donors (Lipinski definition) is 1. The summed E-state index contributed by atoms with van der Waals surface area (Å²) in [7, 11) is 1.64. The molecule has 0 spiro atoms. The van der Waals surface area contributed by atoms with Crippen molar-refractivity contribution in [1.29, 1.82) is 0 Å². The van der Waals surface area contributed by atoms with Gasteiger partial charge in [-0.15, -0.1) is 21.5 Å². The molecule has 7 nitrogen and oxygen atoms in total. The van der Waals surface area contributed by atoms with E-state index in [1.165, 1.54) is 16.4 Å². The van der Waals surface area contributed by atoms with Crippen molar-refractivity contribution < 1.29 is 9.15 Å². The third-order valence-corrected chi connectivity index (χ3v) is 4.73. The van der Waals surface area contributed by atoms with Crippen LogP contribution in [0, 0.1) is 0 Å². The lowest BCUT2D eigenvalue weighted by Gasteiger charge is -2.02. The second-order valence-electron chi connectivity index (χ2n) is 4.42. The summed E-state index contributed by atoms with van der Waals surface area (Å²) in [5.74, 6) is 7.92. The zero-order valence-electron chi connectivity index (χ0n) is 11.9. The van der Waals surface area contributed by atoms with Crippen LogP contribution in [0.1, 0.15) is 11.5 Å². The van der Waals surface area contributed by atoms with Gasteiger partial charge in [-0.1, -0.05) is 17.8 Å². The van der Waals surface area contributed by atoms with E-state index in [1.807, 2.05) is 17.5 Å². The third-order valence-electron chi connectivity index (χ3n) is 2.90. The zero-order chi connectivity index (χ0) is 15.4. The van der Waals surface area contributed by atoms with Crippen LogP contribution in [-0.2, 0) is 16.9 Å². The Morgan fingerprint density at radius 2 is 2.36 bits per heavy atom.